The highest BCUT2D eigenvalue weighted by Gasteiger charge is 2.11. The van der Waals surface area contributed by atoms with Gasteiger partial charge in [0.15, 0.2) is 0 Å². The Morgan fingerprint density at radius 3 is 2.59 bits per heavy atom. The van der Waals surface area contributed by atoms with Crippen LogP contribution < -0.4 is 15.0 Å². The molecule has 0 aliphatic heterocycles. The molecule has 0 aliphatic rings. The molecule has 29 heavy (non-hydrogen) atoms. The molecule has 0 spiro atoms. The first-order chi connectivity index (χ1) is 14.0. The van der Waals surface area contributed by atoms with Crippen molar-refractivity contribution >= 4 is 34.1 Å². The van der Waals surface area contributed by atoms with E-state index in [0.717, 1.165) is 11.1 Å². The fourth-order valence-electron chi connectivity index (χ4n) is 3.01. The third-order valence-corrected chi connectivity index (χ3v) is 4.97. The minimum atomic E-state index is -0.188. The monoisotopic (exact) mass is 426 g/mol. The van der Waals surface area contributed by atoms with Gasteiger partial charge in [-0.2, -0.15) is 0 Å². The maximum atomic E-state index is 12.4. The van der Waals surface area contributed by atoms with Gasteiger partial charge >= 0.3 is 0 Å². The van der Waals surface area contributed by atoms with E-state index in [0.29, 0.717) is 38.3 Å². The van der Waals surface area contributed by atoms with Crippen molar-refractivity contribution in [2.24, 2.45) is 0 Å². The number of para-hydroxylation sites is 1. The standard InChI is InChI=1S/C22H16Cl2N2O3/c1-28-19-8-6-13(21-25-18-5-3-2-4-16(18)22(27)26-21)10-14(19)12-29-20-9-7-15(23)11-17(20)24/h2-11H,12H2,1H3,(H,25,26,27). The van der Waals surface area contributed by atoms with E-state index in [1.165, 1.54) is 0 Å². The van der Waals surface area contributed by atoms with Crippen LogP contribution in [-0.2, 0) is 6.61 Å². The van der Waals surface area contributed by atoms with Gasteiger partial charge in [0.1, 0.15) is 23.9 Å². The van der Waals surface area contributed by atoms with Crippen LogP contribution in [-0.4, -0.2) is 17.1 Å². The summed E-state index contributed by atoms with van der Waals surface area (Å²) in [6.45, 7) is 0.218. The summed E-state index contributed by atoms with van der Waals surface area (Å²) in [6.07, 6.45) is 0. The molecular weight excluding hydrogens is 411 g/mol. The van der Waals surface area contributed by atoms with Crippen LogP contribution in [0.3, 0.4) is 0 Å². The second-order valence-electron chi connectivity index (χ2n) is 6.32. The van der Waals surface area contributed by atoms with E-state index in [9.17, 15) is 4.79 Å². The molecule has 4 rings (SSSR count). The fraction of sp³-hybridized carbons (Fsp3) is 0.0909. The Labute approximate surface area is 176 Å². The molecule has 146 valence electrons. The van der Waals surface area contributed by atoms with Crippen molar-refractivity contribution in [2.45, 2.75) is 6.61 Å². The number of nitrogens with zero attached hydrogens (tertiary/aromatic N) is 1. The maximum absolute atomic E-state index is 12.4. The number of H-pyrrole nitrogens is 1. The summed E-state index contributed by atoms with van der Waals surface area (Å²) in [5.74, 6) is 1.64. The normalized spacial score (nSPS) is 10.9. The van der Waals surface area contributed by atoms with Crippen molar-refractivity contribution in [3.05, 3.63) is 86.6 Å². The van der Waals surface area contributed by atoms with E-state index >= 15 is 0 Å². The van der Waals surface area contributed by atoms with Gasteiger partial charge < -0.3 is 14.5 Å². The molecule has 0 unspecified atom stereocenters. The van der Waals surface area contributed by atoms with Gasteiger partial charge in [-0.3, -0.25) is 4.79 Å². The lowest BCUT2D eigenvalue weighted by atomic mass is 10.1. The van der Waals surface area contributed by atoms with Gasteiger partial charge in [0, 0.05) is 16.1 Å². The topological polar surface area (TPSA) is 64.2 Å². The third-order valence-electron chi connectivity index (χ3n) is 4.44. The number of nitrogens with one attached hydrogen (secondary N) is 1. The number of aromatic amines is 1. The summed E-state index contributed by atoms with van der Waals surface area (Å²) in [4.78, 5) is 19.8. The van der Waals surface area contributed by atoms with Crippen LogP contribution in [0.2, 0.25) is 10.0 Å². The summed E-state index contributed by atoms with van der Waals surface area (Å²) >= 11 is 12.1. The van der Waals surface area contributed by atoms with E-state index in [-0.39, 0.29) is 12.2 Å². The molecule has 0 saturated carbocycles. The van der Waals surface area contributed by atoms with Gasteiger partial charge in [-0.15, -0.1) is 0 Å². The number of hydrogen-bond acceptors (Lipinski definition) is 4. The average Bonchev–Trinajstić information content (AvgIpc) is 2.73. The molecule has 4 aromatic rings. The number of rotatable bonds is 5. The molecular formula is C22H16Cl2N2O3. The number of fused-ring (bicyclic) bond motifs is 1. The van der Waals surface area contributed by atoms with E-state index in [1.807, 2.05) is 36.4 Å². The quantitative estimate of drug-likeness (QED) is 0.458. The number of methoxy groups -OCH3 is 1. The molecule has 0 bridgehead atoms. The van der Waals surface area contributed by atoms with Gasteiger partial charge in [0.25, 0.3) is 5.56 Å². The van der Waals surface area contributed by atoms with Gasteiger partial charge in [0.05, 0.1) is 23.0 Å². The SMILES string of the molecule is COc1ccc(-c2nc3ccccc3c(=O)[nH]2)cc1COc1ccc(Cl)cc1Cl. The molecule has 1 N–H and O–H groups in total. The van der Waals surface area contributed by atoms with E-state index in [4.69, 9.17) is 32.7 Å². The third kappa shape index (κ3) is 4.06. The Balaban J connectivity index is 1.69. The Kier molecular flexibility index (Phi) is 5.43. The van der Waals surface area contributed by atoms with Crippen LogP contribution in [0.15, 0.2) is 65.5 Å². The molecule has 0 amide bonds. The summed E-state index contributed by atoms with van der Waals surface area (Å²) in [5.41, 5.74) is 1.97. The second kappa shape index (κ2) is 8.15. The number of hydrogen-bond donors (Lipinski definition) is 1. The first kappa shape index (κ1) is 19.3. The molecule has 0 saturated heterocycles. The highest BCUT2D eigenvalue weighted by molar-refractivity contribution is 6.35. The van der Waals surface area contributed by atoms with Crippen molar-refractivity contribution in [3.8, 4) is 22.9 Å². The number of benzene rings is 3. The lowest BCUT2D eigenvalue weighted by Gasteiger charge is -2.13. The number of ether oxygens (including phenoxy) is 2. The zero-order valence-electron chi connectivity index (χ0n) is 15.4. The minimum absolute atomic E-state index is 0.188. The van der Waals surface area contributed by atoms with Crippen molar-refractivity contribution in [3.63, 3.8) is 0 Å². The van der Waals surface area contributed by atoms with Gasteiger partial charge in [-0.05, 0) is 48.5 Å². The Morgan fingerprint density at radius 1 is 1.00 bits per heavy atom. The van der Waals surface area contributed by atoms with Gasteiger partial charge in [0.2, 0.25) is 0 Å². The van der Waals surface area contributed by atoms with Gasteiger partial charge in [-0.1, -0.05) is 35.3 Å². The lowest BCUT2D eigenvalue weighted by molar-refractivity contribution is 0.297. The zero-order valence-corrected chi connectivity index (χ0v) is 16.9. The Morgan fingerprint density at radius 2 is 1.79 bits per heavy atom. The first-order valence-electron chi connectivity index (χ1n) is 8.79. The fourth-order valence-corrected chi connectivity index (χ4v) is 3.47. The largest absolute Gasteiger partial charge is 0.496 e. The summed E-state index contributed by atoms with van der Waals surface area (Å²) in [7, 11) is 1.59. The van der Waals surface area contributed by atoms with Crippen molar-refractivity contribution < 1.29 is 9.47 Å². The second-order valence-corrected chi connectivity index (χ2v) is 7.17. The first-order valence-corrected chi connectivity index (χ1v) is 9.55. The van der Waals surface area contributed by atoms with Crippen molar-refractivity contribution in [2.75, 3.05) is 7.11 Å². The highest BCUT2D eigenvalue weighted by atomic mass is 35.5. The molecule has 5 nitrogen and oxygen atoms in total. The van der Waals surface area contributed by atoms with Crippen LogP contribution in [0.5, 0.6) is 11.5 Å². The highest BCUT2D eigenvalue weighted by Crippen LogP contribution is 2.30. The predicted molar refractivity (Wildman–Crippen MR) is 115 cm³/mol. The van der Waals surface area contributed by atoms with Crippen LogP contribution in [0.1, 0.15) is 5.56 Å². The average molecular weight is 427 g/mol. The molecule has 0 fully saturated rings. The molecule has 1 heterocycles. The van der Waals surface area contributed by atoms with Gasteiger partial charge in [-0.25, -0.2) is 4.98 Å². The number of halogens is 2. The predicted octanol–water partition coefficient (Wildman–Crippen LogP) is 5.48. The van der Waals surface area contributed by atoms with Crippen molar-refractivity contribution in [1.29, 1.82) is 0 Å². The lowest BCUT2D eigenvalue weighted by Crippen LogP contribution is -2.09. The summed E-state index contributed by atoms with van der Waals surface area (Å²) < 4.78 is 11.3. The molecule has 3 aromatic carbocycles. The smallest absolute Gasteiger partial charge is 0.259 e. The van der Waals surface area contributed by atoms with Crippen LogP contribution in [0, 0.1) is 0 Å². The van der Waals surface area contributed by atoms with E-state index in [2.05, 4.69) is 9.97 Å². The molecule has 0 aliphatic carbocycles. The van der Waals surface area contributed by atoms with Crippen LogP contribution in [0.25, 0.3) is 22.3 Å². The van der Waals surface area contributed by atoms with Crippen LogP contribution >= 0.6 is 23.2 Å². The van der Waals surface area contributed by atoms with Crippen LogP contribution in [0.4, 0.5) is 0 Å². The molecule has 1 aromatic heterocycles. The van der Waals surface area contributed by atoms with Crippen molar-refractivity contribution in [1.82, 2.24) is 9.97 Å². The maximum Gasteiger partial charge on any atom is 0.259 e. The Bertz CT molecular complexity index is 1250. The minimum Gasteiger partial charge on any atom is -0.496 e. The molecule has 0 radical (unpaired) electrons. The summed E-state index contributed by atoms with van der Waals surface area (Å²) in [5, 5.41) is 1.51. The summed E-state index contributed by atoms with van der Waals surface area (Å²) in [6, 6.07) is 17.8. The zero-order chi connectivity index (χ0) is 20.4. The molecule has 0 atom stereocenters. The molecule has 7 heteroatoms. The van der Waals surface area contributed by atoms with E-state index < -0.39 is 0 Å². The Hall–Kier alpha value is -3.02. The van der Waals surface area contributed by atoms with E-state index in [1.54, 1.807) is 31.4 Å². The number of aromatic nitrogens is 2.